The predicted molar refractivity (Wildman–Crippen MR) is 96.0 cm³/mol. The van der Waals surface area contributed by atoms with Gasteiger partial charge in [0.1, 0.15) is 13.2 Å². The Hall–Kier alpha value is -2.67. The number of hydrogen-bond acceptors (Lipinski definition) is 4. The molecule has 0 radical (unpaired) electrons. The minimum atomic E-state index is -0.983. The number of nitrogens with one attached hydrogen (secondary N) is 1. The standard InChI is InChI=1S/C20H20F2N2O3/c21-15-5-4-14(11-16(15)22)23-20(25)12-24-7-1-2-17(24)13-3-6-18-19(10-13)27-9-8-26-18/h3-6,10-11,17H,1-2,7-9,12H2,(H,23,25)/t17-/m0/s1. The minimum absolute atomic E-state index is 0.108. The monoisotopic (exact) mass is 374 g/mol. The molecule has 2 aliphatic rings. The van der Waals surface area contributed by atoms with Crippen molar-refractivity contribution in [2.45, 2.75) is 18.9 Å². The third-order valence-electron chi connectivity index (χ3n) is 4.86. The van der Waals surface area contributed by atoms with Crippen LogP contribution in [0, 0.1) is 11.6 Å². The lowest BCUT2D eigenvalue weighted by Crippen LogP contribution is -2.33. The number of likely N-dealkylation sites (tertiary alicyclic amines) is 1. The fourth-order valence-corrected chi connectivity index (χ4v) is 3.62. The summed E-state index contributed by atoms with van der Waals surface area (Å²) >= 11 is 0. The Morgan fingerprint density at radius 2 is 1.89 bits per heavy atom. The van der Waals surface area contributed by atoms with E-state index in [9.17, 15) is 13.6 Å². The molecule has 7 heteroatoms. The quantitative estimate of drug-likeness (QED) is 0.890. The summed E-state index contributed by atoms with van der Waals surface area (Å²) in [4.78, 5) is 14.4. The summed E-state index contributed by atoms with van der Waals surface area (Å²) in [6, 6.07) is 9.32. The highest BCUT2D eigenvalue weighted by atomic mass is 19.2. The third-order valence-corrected chi connectivity index (χ3v) is 4.86. The van der Waals surface area contributed by atoms with Crippen molar-refractivity contribution < 1.29 is 23.0 Å². The molecule has 0 bridgehead atoms. The van der Waals surface area contributed by atoms with Gasteiger partial charge in [0, 0.05) is 17.8 Å². The first-order chi connectivity index (χ1) is 13.1. The van der Waals surface area contributed by atoms with E-state index in [0.29, 0.717) is 13.2 Å². The van der Waals surface area contributed by atoms with E-state index in [1.165, 1.54) is 6.07 Å². The van der Waals surface area contributed by atoms with Gasteiger partial charge in [0.15, 0.2) is 23.1 Å². The van der Waals surface area contributed by atoms with Crippen LogP contribution in [-0.4, -0.2) is 37.1 Å². The SMILES string of the molecule is O=C(CN1CCC[C@H]1c1ccc2c(c1)OCCO2)Nc1ccc(F)c(F)c1. The van der Waals surface area contributed by atoms with Gasteiger partial charge in [-0.05, 0) is 49.2 Å². The summed E-state index contributed by atoms with van der Waals surface area (Å²) in [5.74, 6) is -0.706. The van der Waals surface area contributed by atoms with Crippen LogP contribution in [0.3, 0.4) is 0 Å². The lowest BCUT2D eigenvalue weighted by molar-refractivity contribution is -0.117. The van der Waals surface area contributed by atoms with Crippen LogP contribution in [0.15, 0.2) is 36.4 Å². The Labute approximate surface area is 155 Å². The fourth-order valence-electron chi connectivity index (χ4n) is 3.62. The summed E-state index contributed by atoms with van der Waals surface area (Å²) in [6.07, 6.45) is 1.93. The lowest BCUT2D eigenvalue weighted by Gasteiger charge is -2.26. The summed E-state index contributed by atoms with van der Waals surface area (Å²) in [5.41, 5.74) is 1.33. The Balaban J connectivity index is 1.43. The van der Waals surface area contributed by atoms with E-state index < -0.39 is 11.6 Å². The van der Waals surface area contributed by atoms with Crippen LogP contribution in [0.25, 0.3) is 0 Å². The van der Waals surface area contributed by atoms with Crippen molar-refractivity contribution in [2.24, 2.45) is 0 Å². The molecule has 1 N–H and O–H groups in total. The highest BCUT2D eigenvalue weighted by Crippen LogP contribution is 2.37. The Kier molecular flexibility index (Phi) is 4.94. The minimum Gasteiger partial charge on any atom is -0.486 e. The molecule has 142 valence electrons. The van der Waals surface area contributed by atoms with E-state index in [2.05, 4.69) is 10.2 Å². The van der Waals surface area contributed by atoms with Crippen LogP contribution < -0.4 is 14.8 Å². The number of carbonyl (C=O) groups is 1. The normalized spacial score (nSPS) is 19.1. The number of fused-ring (bicyclic) bond motifs is 1. The van der Waals surface area contributed by atoms with Gasteiger partial charge in [0.05, 0.1) is 6.54 Å². The molecule has 2 aliphatic heterocycles. The second-order valence-electron chi connectivity index (χ2n) is 6.71. The number of anilines is 1. The molecule has 2 heterocycles. The highest BCUT2D eigenvalue weighted by molar-refractivity contribution is 5.92. The van der Waals surface area contributed by atoms with Crippen molar-refractivity contribution in [3.63, 3.8) is 0 Å². The molecule has 1 atom stereocenters. The average molecular weight is 374 g/mol. The zero-order valence-electron chi connectivity index (χ0n) is 14.7. The number of rotatable bonds is 4. The maximum atomic E-state index is 13.3. The molecule has 5 nitrogen and oxygen atoms in total. The van der Waals surface area contributed by atoms with E-state index >= 15 is 0 Å². The molecule has 0 aromatic heterocycles. The number of amides is 1. The fraction of sp³-hybridized carbons (Fsp3) is 0.350. The van der Waals surface area contributed by atoms with Crippen molar-refractivity contribution >= 4 is 11.6 Å². The number of ether oxygens (including phenoxy) is 2. The van der Waals surface area contributed by atoms with Gasteiger partial charge in [-0.25, -0.2) is 8.78 Å². The molecule has 4 rings (SSSR count). The van der Waals surface area contributed by atoms with Crippen LogP contribution >= 0.6 is 0 Å². The largest absolute Gasteiger partial charge is 0.486 e. The maximum absolute atomic E-state index is 13.3. The second kappa shape index (κ2) is 7.52. The van der Waals surface area contributed by atoms with Gasteiger partial charge in [-0.3, -0.25) is 9.69 Å². The maximum Gasteiger partial charge on any atom is 0.238 e. The van der Waals surface area contributed by atoms with E-state index in [4.69, 9.17) is 9.47 Å². The number of nitrogens with zero attached hydrogens (tertiary/aromatic N) is 1. The molecule has 0 unspecified atom stereocenters. The van der Waals surface area contributed by atoms with Crippen molar-refractivity contribution in [1.82, 2.24) is 4.90 Å². The molecule has 0 aliphatic carbocycles. The van der Waals surface area contributed by atoms with Gasteiger partial charge in [-0.2, -0.15) is 0 Å². The Bertz CT molecular complexity index is 859. The zero-order chi connectivity index (χ0) is 18.8. The number of carbonyl (C=O) groups excluding carboxylic acids is 1. The van der Waals surface area contributed by atoms with Crippen molar-refractivity contribution in [3.8, 4) is 11.5 Å². The molecular weight excluding hydrogens is 354 g/mol. The first kappa shape index (κ1) is 17.7. The first-order valence-electron chi connectivity index (χ1n) is 8.98. The molecule has 1 fully saturated rings. The average Bonchev–Trinajstić information content (AvgIpc) is 3.12. The van der Waals surface area contributed by atoms with E-state index in [-0.39, 0.29) is 24.2 Å². The molecule has 1 amide bonds. The number of halogens is 2. The van der Waals surface area contributed by atoms with Crippen LogP contribution in [0.2, 0.25) is 0 Å². The Morgan fingerprint density at radius 3 is 2.70 bits per heavy atom. The molecule has 27 heavy (non-hydrogen) atoms. The molecule has 0 saturated carbocycles. The van der Waals surface area contributed by atoms with Gasteiger partial charge < -0.3 is 14.8 Å². The summed E-state index contributed by atoms with van der Waals surface area (Å²) in [5, 5.41) is 2.63. The number of hydrogen-bond donors (Lipinski definition) is 1. The van der Waals surface area contributed by atoms with E-state index in [1.54, 1.807) is 0 Å². The third kappa shape index (κ3) is 3.88. The molecular formula is C20H20F2N2O3. The topological polar surface area (TPSA) is 50.8 Å². The second-order valence-corrected chi connectivity index (χ2v) is 6.71. The van der Waals surface area contributed by atoms with Crippen molar-refractivity contribution in [3.05, 3.63) is 53.6 Å². The highest BCUT2D eigenvalue weighted by Gasteiger charge is 2.28. The lowest BCUT2D eigenvalue weighted by atomic mass is 10.0. The number of benzene rings is 2. The molecule has 2 aromatic carbocycles. The molecule has 2 aromatic rings. The van der Waals surface area contributed by atoms with Gasteiger partial charge in [0.2, 0.25) is 5.91 Å². The van der Waals surface area contributed by atoms with Crippen molar-refractivity contribution in [2.75, 3.05) is 31.6 Å². The van der Waals surface area contributed by atoms with Gasteiger partial charge in [-0.1, -0.05) is 6.07 Å². The summed E-state index contributed by atoms with van der Waals surface area (Å²) < 4.78 is 37.5. The van der Waals surface area contributed by atoms with Crippen LogP contribution in [0.4, 0.5) is 14.5 Å². The van der Waals surface area contributed by atoms with Crippen LogP contribution in [-0.2, 0) is 4.79 Å². The van der Waals surface area contributed by atoms with E-state index in [1.807, 2.05) is 18.2 Å². The van der Waals surface area contributed by atoms with E-state index in [0.717, 1.165) is 48.6 Å². The summed E-state index contributed by atoms with van der Waals surface area (Å²) in [7, 11) is 0. The van der Waals surface area contributed by atoms with Crippen LogP contribution in [0.5, 0.6) is 11.5 Å². The zero-order valence-corrected chi connectivity index (χ0v) is 14.7. The summed E-state index contributed by atoms with van der Waals surface area (Å²) in [6.45, 7) is 2.05. The molecule has 1 saturated heterocycles. The van der Waals surface area contributed by atoms with Crippen molar-refractivity contribution in [1.29, 1.82) is 0 Å². The molecule has 0 spiro atoms. The van der Waals surface area contributed by atoms with Crippen LogP contribution in [0.1, 0.15) is 24.4 Å². The van der Waals surface area contributed by atoms with Gasteiger partial charge >= 0.3 is 0 Å². The predicted octanol–water partition coefficient (Wildman–Crippen LogP) is 3.51. The first-order valence-corrected chi connectivity index (χ1v) is 8.98. The van der Waals surface area contributed by atoms with Gasteiger partial charge in [-0.15, -0.1) is 0 Å². The Morgan fingerprint density at radius 1 is 1.07 bits per heavy atom. The smallest absolute Gasteiger partial charge is 0.238 e. The van der Waals surface area contributed by atoms with Gasteiger partial charge in [0.25, 0.3) is 0 Å².